The van der Waals surface area contributed by atoms with E-state index in [0.29, 0.717) is 10.8 Å². The van der Waals surface area contributed by atoms with Crippen LogP contribution in [0.4, 0.5) is 11.4 Å². The van der Waals surface area contributed by atoms with Gasteiger partial charge in [-0.05, 0) is 148 Å². The number of rotatable bonds is 6. The molecule has 1 aromatic rings. The van der Waals surface area contributed by atoms with Crippen molar-refractivity contribution in [2.75, 3.05) is 17.6 Å². The maximum Gasteiger partial charge on any atom is 0.105 e. The van der Waals surface area contributed by atoms with Gasteiger partial charge in [0.15, 0.2) is 0 Å². The van der Waals surface area contributed by atoms with Gasteiger partial charge in [-0.2, -0.15) is 0 Å². The number of aliphatic imine (C=N–C) groups is 1. The second-order valence-electron chi connectivity index (χ2n) is 14.3. The van der Waals surface area contributed by atoms with Gasteiger partial charge in [0.1, 0.15) is 5.02 Å². The van der Waals surface area contributed by atoms with Crippen molar-refractivity contribution in [2.24, 2.45) is 51.3 Å². The predicted molar refractivity (Wildman–Crippen MR) is 149 cm³/mol. The molecule has 34 heavy (non-hydrogen) atoms. The lowest BCUT2D eigenvalue weighted by molar-refractivity contribution is -0.0386. The summed E-state index contributed by atoms with van der Waals surface area (Å²) >= 11 is 0. The highest BCUT2D eigenvalue weighted by Gasteiger charge is 2.53. The van der Waals surface area contributed by atoms with Crippen molar-refractivity contribution in [1.82, 2.24) is 0 Å². The van der Waals surface area contributed by atoms with Crippen molar-refractivity contribution in [3.05, 3.63) is 24.3 Å². The third kappa shape index (κ3) is 3.67. The lowest BCUT2D eigenvalue weighted by Crippen LogP contribution is -2.49. The van der Waals surface area contributed by atoms with Gasteiger partial charge in [-0.1, -0.05) is 29.3 Å². The molecule has 1 N–H and O–H groups in total. The minimum Gasteiger partial charge on any atom is -0.366 e. The first-order valence-electron chi connectivity index (χ1n) is 14.5. The van der Waals surface area contributed by atoms with Crippen molar-refractivity contribution in [3.8, 4) is 0 Å². The average molecular weight is 493 g/mol. The van der Waals surface area contributed by atoms with Crippen LogP contribution in [0.1, 0.15) is 77.0 Å². The SMILES string of the molecule is C1=Nc2ccccc2NC1(PCC12CC3CC(CC(C3)C1)C2)PCC12CC3CC(CC(C3)C1)C2. The largest absolute Gasteiger partial charge is 0.366 e. The summed E-state index contributed by atoms with van der Waals surface area (Å²) in [6.07, 6.45) is 24.0. The Morgan fingerprint density at radius 2 is 1.12 bits per heavy atom. The van der Waals surface area contributed by atoms with E-state index >= 15 is 0 Å². The number of nitrogens with one attached hydrogen (secondary N) is 1. The zero-order valence-electron chi connectivity index (χ0n) is 20.7. The van der Waals surface area contributed by atoms with Crippen molar-refractivity contribution in [3.63, 3.8) is 0 Å². The summed E-state index contributed by atoms with van der Waals surface area (Å²) in [4.78, 5) is 5.10. The number of anilines is 1. The van der Waals surface area contributed by atoms with Crippen LogP contribution in [0, 0.1) is 46.3 Å². The van der Waals surface area contributed by atoms with Gasteiger partial charge in [0.25, 0.3) is 0 Å². The highest BCUT2D eigenvalue weighted by atomic mass is 31.1. The summed E-state index contributed by atoms with van der Waals surface area (Å²) in [5, 5.41) is 4.28. The standard InChI is InChI=1S/C30H42N2P2/c1-2-4-27-26(3-1)31-17-30(32-27,33-18-28-11-20-5-21(12-28)7-22(6-20)13-28)34-19-29-14-23-8-24(15-29)10-25(9-23)16-29/h1-4,17,20-25,32-34H,5-16,18-19H2. The van der Waals surface area contributed by atoms with E-state index in [4.69, 9.17) is 4.99 Å². The van der Waals surface area contributed by atoms with Crippen LogP contribution in [0.25, 0.3) is 0 Å². The van der Waals surface area contributed by atoms with Gasteiger partial charge < -0.3 is 5.32 Å². The first kappa shape index (κ1) is 21.6. The molecule has 8 fully saturated rings. The molecule has 4 heteroatoms. The van der Waals surface area contributed by atoms with Gasteiger partial charge in [0.2, 0.25) is 0 Å². The topological polar surface area (TPSA) is 24.4 Å². The highest BCUT2D eigenvalue weighted by molar-refractivity contribution is 7.61. The van der Waals surface area contributed by atoms with Crippen LogP contribution in [0.15, 0.2) is 29.3 Å². The molecule has 182 valence electrons. The number of fused-ring (bicyclic) bond motifs is 1. The van der Waals surface area contributed by atoms with E-state index in [2.05, 4.69) is 35.8 Å². The Balaban J connectivity index is 1.05. The van der Waals surface area contributed by atoms with E-state index in [1.54, 1.807) is 77.0 Å². The quantitative estimate of drug-likeness (QED) is 0.397. The fraction of sp³-hybridized carbons (Fsp3) is 0.767. The Labute approximate surface area is 209 Å². The third-order valence-corrected chi connectivity index (χ3v) is 16.0. The van der Waals surface area contributed by atoms with E-state index in [1.807, 2.05) is 0 Å². The first-order chi connectivity index (χ1) is 16.6. The second-order valence-corrected chi connectivity index (χ2v) is 17.7. The number of hydrogen-bond donors (Lipinski definition) is 1. The van der Waals surface area contributed by atoms with Gasteiger partial charge in [-0.15, -0.1) is 0 Å². The van der Waals surface area contributed by atoms with E-state index in [1.165, 1.54) is 18.0 Å². The van der Waals surface area contributed by atoms with Crippen LogP contribution in [-0.2, 0) is 0 Å². The molecule has 0 spiro atoms. The maximum absolute atomic E-state index is 5.10. The van der Waals surface area contributed by atoms with E-state index in [9.17, 15) is 0 Å². The molecule has 8 aliphatic carbocycles. The van der Waals surface area contributed by atoms with Crippen molar-refractivity contribution >= 4 is 34.8 Å². The maximum atomic E-state index is 5.10. The number of benzene rings is 1. The molecular weight excluding hydrogens is 450 g/mol. The van der Waals surface area contributed by atoms with Crippen LogP contribution in [0.3, 0.4) is 0 Å². The molecule has 8 saturated carbocycles. The van der Waals surface area contributed by atoms with E-state index in [-0.39, 0.29) is 5.02 Å². The first-order valence-corrected chi connectivity index (χ1v) is 16.9. The Kier molecular flexibility index (Phi) is 4.94. The van der Waals surface area contributed by atoms with Gasteiger partial charge >= 0.3 is 0 Å². The van der Waals surface area contributed by atoms with Crippen LogP contribution in [0.5, 0.6) is 0 Å². The molecule has 2 atom stereocenters. The van der Waals surface area contributed by atoms with Gasteiger partial charge in [-0.3, -0.25) is 4.99 Å². The lowest BCUT2D eigenvalue weighted by Gasteiger charge is -2.58. The molecule has 2 unspecified atom stereocenters. The van der Waals surface area contributed by atoms with Crippen LogP contribution in [-0.4, -0.2) is 23.6 Å². The van der Waals surface area contributed by atoms with Gasteiger partial charge in [0, 0.05) is 6.21 Å². The second kappa shape index (κ2) is 7.78. The lowest BCUT2D eigenvalue weighted by atomic mass is 9.50. The summed E-state index contributed by atoms with van der Waals surface area (Å²) in [5.74, 6) is 6.39. The summed E-state index contributed by atoms with van der Waals surface area (Å²) in [6.45, 7) is 0. The summed E-state index contributed by atoms with van der Waals surface area (Å²) in [5.41, 5.74) is 3.80. The number of hydrogen-bond acceptors (Lipinski definition) is 2. The Morgan fingerprint density at radius 3 is 1.59 bits per heavy atom. The van der Waals surface area contributed by atoms with Gasteiger partial charge in [0.05, 0.1) is 11.4 Å². The molecule has 1 aromatic carbocycles. The normalized spacial score (nSPS) is 50.0. The van der Waals surface area contributed by atoms with E-state index < -0.39 is 0 Å². The molecule has 1 heterocycles. The molecule has 0 aromatic heterocycles. The number of para-hydroxylation sites is 2. The summed E-state index contributed by atoms with van der Waals surface area (Å²) in [7, 11) is 1.97. The Morgan fingerprint density at radius 1 is 0.676 bits per heavy atom. The summed E-state index contributed by atoms with van der Waals surface area (Å²) < 4.78 is 0. The average Bonchev–Trinajstić information content (AvgIpc) is 2.80. The minimum absolute atomic E-state index is 0.126. The zero-order chi connectivity index (χ0) is 22.4. The fourth-order valence-corrected chi connectivity index (χ4v) is 15.0. The van der Waals surface area contributed by atoms with Crippen LogP contribution >= 0.6 is 17.2 Å². The van der Waals surface area contributed by atoms with Crippen molar-refractivity contribution < 1.29 is 0 Å². The molecule has 9 aliphatic rings. The molecule has 8 bridgehead atoms. The molecule has 0 radical (unpaired) electrons. The Hall–Kier alpha value is -0.450. The zero-order valence-corrected chi connectivity index (χ0v) is 22.7. The van der Waals surface area contributed by atoms with Crippen LogP contribution in [0.2, 0.25) is 0 Å². The van der Waals surface area contributed by atoms with Gasteiger partial charge in [-0.25, -0.2) is 0 Å². The molecule has 0 amide bonds. The molecular formula is C30H42N2P2. The molecule has 2 nitrogen and oxygen atoms in total. The third-order valence-electron chi connectivity index (χ3n) is 11.4. The highest BCUT2D eigenvalue weighted by Crippen LogP contribution is 2.66. The van der Waals surface area contributed by atoms with Crippen molar-refractivity contribution in [1.29, 1.82) is 0 Å². The molecule has 0 saturated heterocycles. The summed E-state index contributed by atoms with van der Waals surface area (Å²) in [6, 6.07) is 8.81. The van der Waals surface area contributed by atoms with E-state index in [0.717, 1.165) is 58.4 Å². The van der Waals surface area contributed by atoms with Crippen LogP contribution < -0.4 is 5.32 Å². The monoisotopic (exact) mass is 492 g/mol. The fourth-order valence-electron chi connectivity index (χ4n) is 11.0. The predicted octanol–water partition coefficient (Wildman–Crippen LogP) is 8.26. The molecule has 1 aliphatic heterocycles. The minimum atomic E-state index is 0.126. The van der Waals surface area contributed by atoms with Crippen molar-refractivity contribution in [2.45, 2.75) is 82.1 Å². The molecule has 10 rings (SSSR count). The smallest absolute Gasteiger partial charge is 0.105 e. The Bertz CT molecular complexity index is 881. The number of nitrogens with zero attached hydrogens (tertiary/aromatic N) is 1.